The molecule has 0 aliphatic carbocycles. The molecule has 0 saturated heterocycles. The summed E-state index contributed by atoms with van der Waals surface area (Å²) in [6.45, 7) is 3.73. The maximum Gasteiger partial charge on any atom is 0.00714 e. The Hall–Kier alpha value is -0.860. The normalized spacial score (nSPS) is 8.58. The van der Waals surface area contributed by atoms with Gasteiger partial charge in [-0.25, -0.2) is 0 Å². The van der Waals surface area contributed by atoms with Gasteiger partial charge in [0.2, 0.25) is 0 Å². The molecule has 0 heterocycles. The Morgan fingerprint density at radius 1 is 1.25 bits per heavy atom. The molecule has 3 N–H and O–H groups in total. The van der Waals surface area contributed by atoms with Crippen LogP contribution in [-0.4, -0.2) is 20.1 Å². The van der Waals surface area contributed by atoms with Gasteiger partial charge in [0.25, 0.3) is 0 Å². The largest absolute Gasteiger partial charge is 0.329 e. The van der Waals surface area contributed by atoms with E-state index < -0.39 is 0 Å². The average molecular weight is 166 g/mol. The summed E-state index contributed by atoms with van der Waals surface area (Å²) in [4.78, 5) is 0. The van der Waals surface area contributed by atoms with Gasteiger partial charge >= 0.3 is 0 Å². The zero-order valence-electron chi connectivity index (χ0n) is 7.88. The highest BCUT2D eigenvalue weighted by atomic mass is 14.8. The molecule has 0 radical (unpaired) electrons. The second-order valence-electron chi connectivity index (χ2n) is 2.55. The van der Waals surface area contributed by atoms with Gasteiger partial charge in [-0.15, -0.1) is 0 Å². The van der Waals surface area contributed by atoms with Gasteiger partial charge in [-0.1, -0.05) is 35.9 Å². The van der Waals surface area contributed by atoms with E-state index in [0.29, 0.717) is 0 Å². The van der Waals surface area contributed by atoms with Crippen molar-refractivity contribution >= 4 is 0 Å². The molecule has 0 amide bonds. The molecule has 2 nitrogen and oxygen atoms in total. The molecule has 1 rings (SSSR count). The molecule has 1 aromatic carbocycles. The molecule has 0 saturated carbocycles. The smallest absolute Gasteiger partial charge is 0.00714 e. The number of nitrogens with one attached hydrogen (secondary N) is 1. The third-order valence-corrected chi connectivity index (χ3v) is 1.33. The Morgan fingerprint density at radius 2 is 1.83 bits per heavy atom. The highest BCUT2D eigenvalue weighted by molar-refractivity contribution is 5.11. The van der Waals surface area contributed by atoms with Crippen molar-refractivity contribution in [2.24, 2.45) is 5.73 Å². The summed E-state index contributed by atoms with van der Waals surface area (Å²) in [5.74, 6) is 0. The van der Waals surface area contributed by atoms with E-state index in [1.807, 2.05) is 25.2 Å². The van der Waals surface area contributed by atoms with Crippen LogP contribution >= 0.6 is 0 Å². The lowest BCUT2D eigenvalue weighted by Crippen LogP contribution is -2.17. The number of benzene rings is 1. The summed E-state index contributed by atoms with van der Waals surface area (Å²) in [7, 11) is 1.88. The molecule has 1 aromatic rings. The fourth-order valence-electron chi connectivity index (χ4n) is 0.679. The van der Waals surface area contributed by atoms with E-state index in [1.165, 1.54) is 5.56 Å². The predicted molar refractivity (Wildman–Crippen MR) is 54.2 cm³/mol. The van der Waals surface area contributed by atoms with Crippen LogP contribution < -0.4 is 11.1 Å². The standard InChI is InChI=1S/C7H8.C3H10N2/c1-7-5-3-2-4-6-7;1-5-3-2-4/h2-6H,1H3;5H,2-4H2,1H3. The first-order valence-electron chi connectivity index (χ1n) is 4.17. The SMILES string of the molecule is CNCCN.Cc1ccccc1. The zero-order chi connectivity index (χ0) is 9.23. The first kappa shape index (κ1) is 11.1. The lowest BCUT2D eigenvalue weighted by molar-refractivity contribution is 0.802. The minimum Gasteiger partial charge on any atom is -0.329 e. The number of aryl methyl sites for hydroxylation is 1. The van der Waals surface area contributed by atoms with E-state index in [1.54, 1.807) is 0 Å². The van der Waals surface area contributed by atoms with Gasteiger partial charge in [-0.05, 0) is 14.0 Å². The Balaban J connectivity index is 0.000000217. The van der Waals surface area contributed by atoms with Crippen LogP contribution in [0.1, 0.15) is 5.56 Å². The van der Waals surface area contributed by atoms with Crippen LogP contribution in [0.25, 0.3) is 0 Å². The van der Waals surface area contributed by atoms with Gasteiger partial charge in [-0.3, -0.25) is 0 Å². The minimum absolute atomic E-state index is 0.733. The van der Waals surface area contributed by atoms with Crippen molar-refractivity contribution in [2.45, 2.75) is 6.92 Å². The summed E-state index contributed by atoms with van der Waals surface area (Å²) in [6, 6.07) is 10.3. The molecule has 0 unspecified atom stereocenters. The molecule has 0 spiro atoms. The quantitative estimate of drug-likeness (QED) is 0.692. The highest BCUT2D eigenvalue weighted by Crippen LogP contribution is 1.92. The third kappa shape index (κ3) is 7.25. The summed E-state index contributed by atoms with van der Waals surface area (Å²) >= 11 is 0. The van der Waals surface area contributed by atoms with E-state index in [0.717, 1.165) is 13.1 Å². The summed E-state index contributed by atoms with van der Waals surface area (Å²) in [6.07, 6.45) is 0. The fourth-order valence-corrected chi connectivity index (χ4v) is 0.679. The van der Waals surface area contributed by atoms with Crippen molar-refractivity contribution in [3.05, 3.63) is 35.9 Å². The number of hydrogen-bond acceptors (Lipinski definition) is 2. The van der Waals surface area contributed by atoms with Gasteiger partial charge in [0, 0.05) is 13.1 Å². The van der Waals surface area contributed by atoms with E-state index in [-0.39, 0.29) is 0 Å². The van der Waals surface area contributed by atoms with E-state index in [9.17, 15) is 0 Å². The lowest BCUT2D eigenvalue weighted by Gasteiger charge is -1.85. The van der Waals surface area contributed by atoms with Crippen molar-refractivity contribution in [3.63, 3.8) is 0 Å². The van der Waals surface area contributed by atoms with Crippen molar-refractivity contribution in [2.75, 3.05) is 20.1 Å². The van der Waals surface area contributed by atoms with Gasteiger partial charge in [0.05, 0.1) is 0 Å². The number of nitrogens with two attached hydrogens (primary N) is 1. The van der Waals surface area contributed by atoms with Crippen LogP contribution in [0.3, 0.4) is 0 Å². The van der Waals surface area contributed by atoms with Crippen LogP contribution in [0.4, 0.5) is 0 Å². The number of hydrogen-bond donors (Lipinski definition) is 2. The number of rotatable bonds is 2. The fraction of sp³-hybridized carbons (Fsp3) is 0.400. The molecular formula is C10H18N2. The van der Waals surface area contributed by atoms with E-state index in [2.05, 4.69) is 24.4 Å². The summed E-state index contributed by atoms with van der Waals surface area (Å²) in [5, 5.41) is 2.89. The number of likely N-dealkylation sites (N-methyl/N-ethyl adjacent to an activating group) is 1. The Bertz CT molecular complexity index is 170. The van der Waals surface area contributed by atoms with E-state index >= 15 is 0 Å². The van der Waals surface area contributed by atoms with Crippen LogP contribution in [-0.2, 0) is 0 Å². The summed E-state index contributed by atoms with van der Waals surface area (Å²) in [5.41, 5.74) is 6.40. The maximum atomic E-state index is 5.08. The molecule has 0 bridgehead atoms. The van der Waals surface area contributed by atoms with Crippen LogP contribution in [0.15, 0.2) is 30.3 Å². The van der Waals surface area contributed by atoms with Crippen molar-refractivity contribution < 1.29 is 0 Å². The van der Waals surface area contributed by atoms with Crippen molar-refractivity contribution in [3.8, 4) is 0 Å². The lowest BCUT2D eigenvalue weighted by atomic mass is 10.2. The van der Waals surface area contributed by atoms with Crippen LogP contribution in [0.5, 0.6) is 0 Å². The molecular weight excluding hydrogens is 148 g/mol. The monoisotopic (exact) mass is 166 g/mol. The first-order valence-corrected chi connectivity index (χ1v) is 4.17. The van der Waals surface area contributed by atoms with E-state index in [4.69, 9.17) is 5.73 Å². The maximum absolute atomic E-state index is 5.08. The Morgan fingerprint density at radius 3 is 2.00 bits per heavy atom. The molecule has 0 aliphatic heterocycles. The summed E-state index contributed by atoms with van der Waals surface area (Å²) < 4.78 is 0. The zero-order valence-corrected chi connectivity index (χ0v) is 7.88. The molecule has 12 heavy (non-hydrogen) atoms. The molecule has 68 valence electrons. The Labute approximate surface area is 74.8 Å². The molecule has 0 fully saturated rings. The second-order valence-corrected chi connectivity index (χ2v) is 2.55. The van der Waals surface area contributed by atoms with Crippen LogP contribution in [0.2, 0.25) is 0 Å². The van der Waals surface area contributed by atoms with Crippen LogP contribution in [0, 0.1) is 6.92 Å². The van der Waals surface area contributed by atoms with Gasteiger partial charge in [0.15, 0.2) is 0 Å². The predicted octanol–water partition coefficient (Wildman–Crippen LogP) is 1.16. The van der Waals surface area contributed by atoms with Gasteiger partial charge in [0.1, 0.15) is 0 Å². The Kier molecular flexibility index (Phi) is 7.65. The average Bonchev–Trinajstić information content (AvgIpc) is 2.08. The molecule has 0 aromatic heterocycles. The van der Waals surface area contributed by atoms with Gasteiger partial charge in [-0.2, -0.15) is 0 Å². The molecule has 0 atom stereocenters. The third-order valence-electron chi connectivity index (χ3n) is 1.33. The minimum atomic E-state index is 0.733. The second kappa shape index (κ2) is 8.24. The topological polar surface area (TPSA) is 38.0 Å². The molecule has 2 heteroatoms. The van der Waals surface area contributed by atoms with Crippen molar-refractivity contribution in [1.82, 2.24) is 5.32 Å². The van der Waals surface area contributed by atoms with Gasteiger partial charge < -0.3 is 11.1 Å². The molecule has 0 aliphatic rings. The first-order chi connectivity index (χ1) is 5.81. The van der Waals surface area contributed by atoms with Crippen molar-refractivity contribution in [1.29, 1.82) is 0 Å². The highest BCUT2D eigenvalue weighted by Gasteiger charge is 1.72.